The molecule has 1 fully saturated rings. The minimum atomic E-state index is 0. The molecule has 1 aromatic carbocycles. The number of benzene rings is 1. The minimum Gasteiger partial charge on any atom is -0.392 e. The highest BCUT2D eigenvalue weighted by molar-refractivity contribution is 14.0. The fourth-order valence-electron chi connectivity index (χ4n) is 3.16. The number of likely N-dealkylation sites (tertiary alicyclic amines) is 1. The van der Waals surface area contributed by atoms with Gasteiger partial charge in [0.2, 0.25) is 0 Å². The van der Waals surface area contributed by atoms with E-state index >= 15 is 0 Å². The summed E-state index contributed by atoms with van der Waals surface area (Å²) in [5.41, 5.74) is 3.23. The fraction of sp³-hybridized carbons (Fsp3) is 0.550. The number of hydrogen-bond donors (Lipinski definition) is 3. The van der Waals surface area contributed by atoms with Gasteiger partial charge in [-0.3, -0.25) is 4.90 Å². The SMILES string of the molecule is C=C(C)CN1CCC(NC(=NCc2ccccc2CO)NCC)CC1.I. The Morgan fingerprint density at radius 1 is 1.27 bits per heavy atom. The molecule has 26 heavy (non-hydrogen) atoms. The Balaban J connectivity index is 0.00000338. The molecule has 1 heterocycles. The van der Waals surface area contributed by atoms with E-state index in [1.807, 2.05) is 24.3 Å². The Kier molecular flexibility index (Phi) is 10.8. The van der Waals surface area contributed by atoms with Crippen LogP contribution in [-0.4, -0.2) is 48.2 Å². The van der Waals surface area contributed by atoms with Crippen molar-refractivity contribution >= 4 is 29.9 Å². The van der Waals surface area contributed by atoms with Crippen molar-refractivity contribution in [3.8, 4) is 0 Å². The lowest BCUT2D eigenvalue weighted by Crippen LogP contribution is -2.48. The second-order valence-corrected chi connectivity index (χ2v) is 6.77. The molecule has 1 aliphatic heterocycles. The van der Waals surface area contributed by atoms with Gasteiger partial charge in [0.1, 0.15) is 0 Å². The second kappa shape index (κ2) is 12.3. The fourth-order valence-corrected chi connectivity index (χ4v) is 3.16. The van der Waals surface area contributed by atoms with Crippen LogP contribution in [0.2, 0.25) is 0 Å². The molecule has 0 unspecified atom stereocenters. The maximum atomic E-state index is 9.44. The summed E-state index contributed by atoms with van der Waals surface area (Å²) in [4.78, 5) is 7.17. The molecule has 2 rings (SSSR count). The number of aliphatic hydroxyl groups is 1. The summed E-state index contributed by atoms with van der Waals surface area (Å²) >= 11 is 0. The van der Waals surface area contributed by atoms with Gasteiger partial charge in [-0.05, 0) is 37.8 Å². The third-order valence-corrected chi connectivity index (χ3v) is 4.46. The average Bonchev–Trinajstić information content (AvgIpc) is 2.61. The maximum Gasteiger partial charge on any atom is 0.191 e. The predicted octanol–water partition coefficient (Wildman–Crippen LogP) is 2.89. The number of nitrogens with zero attached hydrogens (tertiary/aromatic N) is 2. The summed E-state index contributed by atoms with van der Waals surface area (Å²) in [6, 6.07) is 8.35. The van der Waals surface area contributed by atoms with Crippen molar-refractivity contribution in [1.29, 1.82) is 0 Å². The van der Waals surface area contributed by atoms with Gasteiger partial charge < -0.3 is 15.7 Å². The standard InChI is InChI=1S/C20H32N4O.HI/c1-4-21-20(22-13-17-7-5-6-8-18(17)15-25)23-19-9-11-24(12-10-19)14-16(2)3;/h5-8,19,25H,2,4,9-15H2,1,3H3,(H2,21,22,23);1H. The molecule has 6 heteroatoms. The summed E-state index contributed by atoms with van der Waals surface area (Å²) in [7, 11) is 0. The molecule has 1 saturated heterocycles. The molecule has 5 nitrogen and oxygen atoms in total. The zero-order valence-corrected chi connectivity index (χ0v) is 18.3. The highest BCUT2D eigenvalue weighted by atomic mass is 127. The van der Waals surface area contributed by atoms with Crippen molar-refractivity contribution in [3.63, 3.8) is 0 Å². The Morgan fingerprint density at radius 3 is 2.50 bits per heavy atom. The highest BCUT2D eigenvalue weighted by Crippen LogP contribution is 2.12. The van der Waals surface area contributed by atoms with Crippen LogP contribution in [0.1, 0.15) is 37.8 Å². The summed E-state index contributed by atoms with van der Waals surface area (Å²) in [6.07, 6.45) is 2.23. The number of hydrogen-bond acceptors (Lipinski definition) is 3. The van der Waals surface area contributed by atoms with Crippen molar-refractivity contribution in [1.82, 2.24) is 15.5 Å². The van der Waals surface area contributed by atoms with E-state index in [2.05, 4.69) is 36.0 Å². The molecule has 1 aromatic rings. The number of aliphatic hydroxyl groups excluding tert-OH is 1. The van der Waals surface area contributed by atoms with Crippen LogP contribution in [-0.2, 0) is 13.2 Å². The quantitative estimate of drug-likeness (QED) is 0.247. The van der Waals surface area contributed by atoms with E-state index in [1.54, 1.807) is 0 Å². The second-order valence-electron chi connectivity index (χ2n) is 6.77. The Labute approximate surface area is 175 Å². The van der Waals surface area contributed by atoms with E-state index in [1.165, 1.54) is 5.57 Å². The number of halogens is 1. The Morgan fingerprint density at radius 2 is 1.92 bits per heavy atom. The zero-order chi connectivity index (χ0) is 18.1. The number of piperidine rings is 1. The van der Waals surface area contributed by atoms with Crippen molar-refractivity contribution in [3.05, 3.63) is 47.5 Å². The van der Waals surface area contributed by atoms with Crippen LogP contribution >= 0.6 is 24.0 Å². The van der Waals surface area contributed by atoms with Crippen LogP contribution in [0.25, 0.3) is 0 Å². The molecule has 3 N–H and O–H groups in total. The van der Waals surface area contributed by atoms with E-state index in [0.717, 1.165) is 56.1 Å². The molecule has 0 aliphatic carbocycles. The van der Waals surface area contributed by atoms with Gasteiger partial charge in [-0.2, -0.15) is 0 Å². The first kappa shape index (κ1) is 22.9. The average molecular weight is 472 g/mol. The van der Waals surface area contributed by atoms with Gasteiger partial charge in [0.05, 0.1) is 13.2 Å². The molecule has 1 aliphatic rings. The number of aliphatic imine (C=N–C) groups is 1. The van der Waals surface area contributed by atoms with Gasteiger partial charge in [-0.15, -0.1) is 24.0 Å². The lowest BCUT2D eigenvalue weighted by Gasteiger charge is -2.33. The maximum absolute atomic E-state index is 9.44. The molecule has 0 saturated carbocycles. The Hall–Kier alpha value is -1.12. The van der Waals surface area contributed by atoms with Gasteiger partial charge in [-0.1, -0.05) is 36.4 Å². The van der Waals surface area contributed by atoms with E-state index in [4.69, 9.17) is 4.99 Å². The molecular weight excluding hydrogens is 439 g/mol. The van der Waals surface area contributed by atoms with Gasteiger partial charge in [0.15, 0.2) is 5.96 Å². The Bertz CT molecular complexity index is 583. The topological polar surface area (TPSA) is 59.9 Å². The van der Waals surface area contributed by atoms with Crippen LogP contribution in [0.15, 0.2) is 41.4 Å². The summed E-state index contributed by atoms with van der Waals surface area (Å²) in [6.45, 7) is 12.8. The van der Waals surface area contributed by atoms with Crippen molar-refractivity contribution < 1.29 is 5.11 Å². The van der Waals surface area contributed by atoms with E-state index in [-0.39, 0.29) is 30.6 Å². The van der Waals surface area contributed by atoms with Crippen molar-refractivity contribution in [2.45, 2.75) is 45.9 Å². The van der Waals surface area contributed by atoms with Crippen molar-refractivity contribution in [2.75, 3.05) is 26.2 Å². The highest BCUT2D eigenvalue weighted by Gasteiger charge is 2.19. The first-order valence-electron chi connectivity index (χ1n) is 9.21. The van der Waals surface area contributed by atoms with Crippen LogP contribution in [0, 0.1) is 0 Å². The molecule has 0 atom stereocenters. The molecular formula is C20H33IN4O. The number of guanidine groups is 1. The third kappa shape index (κ3) is 7.63. The van der Waals surface area contributed by atoms with E-state index in [9.17, 15) is 5.11 Å². The first-order chi connectivity index (χ1) is 12.1. The van der Waals surface area contributed by atoms with Crippen LogP contribution in [0.4, 0.5) is 0 Å². The predicted molar refractivity (Wildman–Crippen MR) is 120 cm³/mol. The summed E-state index contributed by atoms with van der Waals surface area (Å²) in [5, 5.41) is 16.3. The normalized spacial score (nSPS) is 16.0. The van der Waals surface area contributed by atoms with Crippen molar-refractivity contribution in [2.24, 2.45) is 4.99 Å². The van der Waals surface area contributed by atoms with Gasteiger partial charge in [0, 0.05) is 32.2 Å². The molecule has 146 valence electrons. The molecule has 0 bridgehead atoms. The summed E-state index contributed by atoms with van der Waals surface area (Å²) < 4.78 is 0. The molecule has 0 amide bonds. The van der Waals surface area contributed by atoms with Gasteiger partial charge in [0.25, 0.3) is 0 Å². The minimum absolute atomic E-state index is 0. The molecule has 0 aromatic heterocycles. The number of nitrogens with one attached hydrogen (secondary N) is 2. The first-order valence-corrected chi connectivity index (χ1v) is 9.21. The lowest BCUT2D eigenvalue weighted by molar-refractivity contribution is 0.221. The molecule has 0 spiro atoms. The van der Waals surface area contributed by atoms with Crippen LogP contribution in [0.3, 0.4) is 0 Å². The van der Waals surface area contributed by atoms with Crippen LogP contribution < -0.4 is 10.6 Å². The van der Waals surface area contributed by atoms with Gasteiger partial charge >= 0.3 is 0 Å². The molecule has 0 radical (unpaired) electrons. The van der Waals surface area contributed by atoms with Crippen LogP contribution in [0.5, 0.6) is 0 Å². The lowest BCUT2D eigenvalue weighted by atomic mass is 10.0. The van der Waals surface area contributed by atoms with E-state index in [0.29, 0.717) is 12.6 Å². The summed E-state index contributed by atoms with van der Waals surface area (Å²) in [5.74, 6) is 0.855. The third-order valence-electron chi connectivity index (χ3n) is 4.46. The van der Waals surface area contributed by atoms with Gasteiger partial charge in [-0.25, -0.2) is 4.99 Å². The van der Waals surface area contributed by atoms with E-state index < -0.39 is 0 Å². The number of rotatable bonds is 7. The smallest absolute Gasteiger partial charge is 0.191 e. The zero-order valence-electron chi connectivity index (χ0n) is 16.0. The largest absolute Gasteiger partial charge is 0.392 e. The monoisotopic (exact) mass is 472 g/mol.